The predicted octanol–water partition coefficient (Wildman–Crippen LogP) is 3.37. The summed E-state index contributed by atoms with van der Waals surface area (Å²) < 4.78 is 11.0. The van der Waals surface area contributed by atoms with Crippen molar-refractivity contribution in [3.8, 4) is 11.5 Å². The maximum absolute atomic E-state index is 12.0. The average Bonchev–Trinajstić information content (AvgIpc) is 2.72. The van der Waals surface area contributed by atoms with Crippen molar-refractivity contribution in [2.75, 3.05) is 39.7 Å². The van der Waals surface area contributed by atoms with Crippen LogP contribution in [0.15, 0.2) is 47.5 Å². The van der Waals surface area contributed by atoms with Crippen molar-refractivity contribution in [1.29, 1.82) is 0 Å². The Morgan fingerprint density at radius 3 is 2.38 bits per heavy atom. The van der Waals surface area contributed by atoms with Crippen molar-refractivity contribution in [1.82, 2.24) is 10.2 Å². The van der Waals surface area contributed by atoms with E-state index in [0.717, 1.165) is 17.8 Å². The Kier molecular flexibility index (Phi) is 8.33. The molecule has 0 unspecified atom stereocenters. The van der Waals surface area contributed by atoms with Gasteiger partial charge in [0.2, 0.25) is 0 Å². The summed E-state index contributed by atoms with van der Waals surface area (Å²) in [5, 5.41) is 6.52. The zero-order valence-electron chi connectivity index (χ0n) is 17.8. The Hall–Kier alpha value is -3.22. The fourth-order valence-electron chi connectivity index (χ4n) is 2.65. The van der Waals surface area contributed by atoms with E-state index in [1.807, 2.05) is 56.3 Å². The summed E-state index contributed by atoms with van der Waals surface area (Å²) in [5.41, 5.74) is 2.53. The molecule has 0 aliphatic heterocycles. The lowest BCUT2D eigenvalue weighted by atomic mass is 10.1. The van der Waals surface area contributed by atoms with Gasteiger partial charge in [-0.2, -0.15) is 0 Å². The fraction of sp³-hybridized carbons (Fsp3) is 0.364. The molecular weight excluding hydrogens is 368 g/mol. The van der Waals surface area contributed by atoms with Gasteiger partial charge in [0, 0.05) is 38.0 Å². The quantitative estimate of drug-likeness (QED) is 0.527. The number of hydrogen-bond donors (Lipinski definition) is 2. The molecule has 7 nitrogen and oxygen atoms in total. The van der Waals surface area contributed by atoms with E-state index >= 15 is 0 Å². The van der Waals surface area contributed by atoms with E-state index in [4.69, 9.17) is 9.47 Å². The number of guanidine groups is 1. The van der Waals surface area contributed by atoms with Crippen LogP contribution in [0.2, 0.25) is 0 Å². The summed E-state index contributed by atoms with van der Waals surface area (Å²) >= 11 is 0. The molecule has 2 aromatic carbocycles. The van der Waals surface area contributed by atoms with Crippen LogP contribution >= 0.6 is 0 Å². The second-order valence-electron chi connectivity index (χ2n) is 6.52. The summed E-state index contributed by atoms with van der Waals surface area (Å²) in [6.07, 6.45) is 0. The van der Waals surface area contributed by atoms with E-state index in [-0.39, 0.29) is 5.91 Å². The van der Waals surface area contributed by atoms with Gasteiger partial charge in [0.15, 0.2) is 17.5 Å². The Morgan fingerprint density at radius 2 is 1.79 bits per heavy atom. The molecule has 0 spiro atoms. The highest BCUT2D eigenvalue weighted by Gasteiger charge is 2.08. The van der Waals surface area contributed by atoms with Crippen LogP contribution in [-0.2, 0) is 6.54 Å². The predicted molar refractivity (Wildman–Crippen MR) is 117 cm³/mol. The molecule has 29 heavy (non-hydrogen) atoms. The van der Waals surface area contributed by atoms with Gasteiger partial charge >= 0.3 is 0 Å². The number of rotatable bonds is 8. The summed E-state index contributed by atoms with van der Waals surface area (Å²) in [6, 6.07) is 13.1. The van der Waals surface area contributed by atoms with Crippen molar-refractivity contribution in [2.45, 2.75) is 20.4 Å². The third-order valence-electron chi connectivity index (χ3n) is 4.10. The van der Waals surface area contributed by atoms with Crippen LogP contribution in [0.1, 0.15) is 29.8 Å². The Bertz CT molecular complexity index is 832. The van der Waals surface area contributed by atoms with E-state index in [9.17, 15) is 4.79 Å². The Labute approximate surface area is 172 Å². The number of ether oxygens (including phenoxy) is 2. The number of nitrogens with one attached hydrogen (secondary N) is 2. The summed E-state index contributed by atoms with van der Waals surface area (Å²) in [6.45, 7) is 5.72. The number of nitrogens with zero attached hydrogens (tertiary/aromatic N) is 2. The van der Waals surface area contributed by atoms with E-state index in [1.165, 1.54) is 0 Å². The summed E-state index contributed by atoms with van der Waals surface area (Å²) in [4.78, 5) is 18.2. The molecular formula is C22H30N4O3. The molecule has 2 aromatic rings. The van der Waals surface area contributed by atoms with Crippen molar-refractivity contribution >= 4 is 17.6 Å². The van der Waals surface area contributed by atoms with E-state index < -0.39 is 0 Å². The molecule has 0 heterocycles. The molecule has 0 aliphatic carbocycles. The lowest BCUT2D eigenvalue weighted by molar-refractivity contribution is 0.0827. The first kappa shape index (κ1) is 22.1. The number of amides is 1. The van der Waals surface area contributed by atoms with Crippen LogP contribution in [0, 0.1) is 0 Å². The van der Waals surface area contributed by atoms with Gasteiger partial charge < -0.3 is 25.0 Å². The minimum atomic E-state index is -0.0142. The molecule has 156 valence electrons. The lowest BCUT2D eigenvalue weighted by Crippen LogP contribution is -2.30. The van der Waals surface area contributed by atoms with Gasteiger partial charge in [-0.1, -0.05) is 12.1 Å². The van der Waals surface area contributed by atoms with Crippen LogP contribution in [0.5, 0.6) is 11.5 Å². The van der Waals surface area contributed by atoms with Gasteiger partial charge in [0.25, 0.3) is 5.91 Å². The zero-order valence-corrected chi connectivity index (χ0v) is 17.8. The molecule has 0 aliphatic rings. The molecule has 0 atom stereocenters. The number of methoxy groups -OCH3 is 1. The van der Waals surface area contributed by atoms with E-state index in [0.29, 0.717) is 36.2 Å². The Balaban J connectivity index is 2.12. The van der Waals surface area contributed by atoms with Gasteiger partial charge in [0.1, 0.15) is 0 Å². The van der Waals surface area contributed by atoms with E-state index in [1.54, 1.807) is 26.1 Å². The lowest BCUT2D eigenvalue weighted by Gasteiger charge is -2.14. The molecule has 0 fully saturated rings. The minimum absolute atomic E-state index is 0.0142. The van der Waals surface area contributed by atoms with Gasteiger partial charge in [-0.25, -0.2) is 4.99 Å². The molecule has 0 saturated carbocycles. The number of aliphatic imine (C=N–C) groups is 1. The monoisotopic (exact) mass is 398 g/mol. The summed E-state index contributed by atoms with van der Waals surface area (Å²) in [7, 11) is 5.10. The standard InChI is InChI=1S/C22H30N4O3/c1-6-23-22(25-18-12-13-19(28-5)20(14-18)29-7-2)24-15-16-8-10-17(11-9-16)21(27)26(3)4/h8-14H,6-7,15H2,1-5H3,(H2,23,24,25). The van der Waals surface area contributed by atoms with Crippen LogP contribution in [0.25, 0.3) is 0 Å². The third kappa shape index (κ3) is 6.41. The number of hydrogen-bond acceptors (Lipinski definition) is 4. The Morgan fingerprint density at radius 1 is 1.07 bits per heavy atom. The van der Waals surface area contributed by atoms with Crippen LogP contribution in [-0.4, -0.2) is 51.1 Å². The molecule has 2 rings (SSSR count). The smallest absolute Gasteiger partial charge is 0.253 e. The van der Waals surface area contributed by atoms with Crippen molar-refractivity contribution in [3.63, 3.8) is 0 Å². The SMILES string of the molecule is CCNC(=NCc1ccc(C(=O)N(C)C)cc1)Nc1ccc(OC)c(OCC)c1. The van der Waals surface area contributed by atoms with Crippen molar-refractivity contribution in [3.05, 3.63) is 53.6 Å². The summed E-state index contributed by atoms with van der Waals surface area (Å²) in [5.74, 6) is 2.01. The highest BCUT2D eigenvalue weighted by molar-refractivity contribution is 5.94. The third-order valence-corrected chi connectivity index (χ3v) is 4.10. The molecule has 1 amide bonds. The maximum atomic E-state index is 12.0. The first-order chi connectivity index (χ1) is 14.0. The average molecular weight is 399 g/mol. The van der Waals surface area contributed by atoms with Crippen LogP contribution < -0.4 is 20.1 Å². The number of benzene rings is 2. The topological polar surface area (TPSA) is 75.2 Å². The minimum Gasteiger partial charge on any atom is -0.493 e. The molecule has 0 aromatic heterocycles. The van der Waals surface area contributed by atoms with Gasteiger partial charge in [-0.3, -0.25) is 4.79 Å². The number of anilines is 1. The number of carbonyl (C=O) groups excluding carboxylic acids is 1. The van der Waals surface area contributed by atoms with Crippen LogP contribution in [0.4, 0.5) is 5.69 Å². The first-order valence-electron chi connectivity index (χ1n) is 9.65. The van der Waals surface area contributed by atoms with Gasteiger partial charge in [0.05, 0.1) is 20.3 Å². The highest BCUT2D eigenvalue weighted by atomic mass is 16.5. The second-order valence-corrected chi connectivity index (χ2v) is 6.52. The van der Waals surface area contributed by atoms with Crippen LogP contribution in [0.3, 0.4) is 0 Å². The molecule has 0 saturated heterocycles. The molecule has 7 heteroatoms. The van der Waals surface area contributed by atoms with Crippen molar-refractivity contribution < 1.29 is 14.3 Å². The van der Waals surface area contributed by atoms with Gasteiger partial charge in [-0.05, 0) is 43.7 Å². The van der Waals surface area contributed by atoms with E-state index in [2.05, 4.69) is 15.6 Å². The molecule has 0 bridgehead atoms. The highest BCUT2D eigenvalue weighted by Crippen LogP contribution is 2.30. The zero-order chi connectivity index (χ0) is 21.2. The molecule has 0 radical (unpaired) electrons. The maximum Gasteiger partial charge on any atom is 0.253 e. The van der Waals surface area contributed by atoms with Crippen molar-refractivity contribution in [2.24, 2.45) is 4.99 Å². The second kappa shape index (κ2) is 10.9. The largest absolute Gasteiger partial charge is 0.493 e. The van der Waals surface area contributed by atoms with Gasteiger partial charge in [-0.15, -0.1) is 0 Å². The first-order valence-corrected chi connectivity index (χ1v) is 9.65. The fourth-order valence-corrected chi connectivity index (χ4v) is 2.65. The number of carbonyl (C=O) groups is 1. The normalized spacial score (nSPS) is 11.0. The molecule has 2 N–H and O–H groups in total.